The lowest BCUT2D eigenvalue weighted by molar-refractivity contribution is -0.584. The molecule has 2 amide bonds. The van der Waals surface area contributed by atoms with Crippen molar-refractivity contribution in [2.45, 2.75) is 12.8 Å². The quantitative estimate of drug-likeness (QED) is 0.513. The van der Waals surface area contributed by atoms with Gasteiger partial charge in [0.05, 0.1) is 17.5 Å². The predicted octanol–water partition coefficient (Wildman–Crippen LogP) is -0.581. The van der Waals surface area contributed by atoms with Crippen molar-refractivity contribution >= 4 is 23.2 Å². The molecule has 1 aromatic heterocycles. The number of carbonyl (C=O) groups excluding carboxylic acids is 2. The molecular weight excluding hydrogens is 368 g/mol. The Morgan fingerprint density at radius 3 is 2.21 bits per heavy atom. The largest absolute Gasteiger partial charge is 1.00 e. The average Bonchev–Trinajstić information content (AvgIpc) is 2.87. The van der Waals surface area contributed by atoms with Crippen LogP contribution < -0.4 is 26.4 Å². The molecule has 2 aliphatic rings. The third-order valence-electron chi connectivity index (χ3n) is 4.66. The molecule has 4 rings (SSSR count). The van der Waals surface area contributed by atoms with Gasteiger partial charge in [-0.05, 0) is 24.6 Å². The first kappa shape index (κ1) is 16.6. The molecule has 24 heavy (non-hydrogen) atoms. The molecule has 1 saturated heterocycles. The van der Waals surface area contributed by atoms with Gasteiger partial charge in [0.1, 0.15) is 0 Å². The molecule has 2 unspecified atom stereocenters. The maximum atomic E-state index is 12.8. The van der Waals surface area contributed by atoms with E-state index in [2.05, 4.69) is 6.08 Å². The van der Waals surface area contributed by atoms with Gasteiger partial charge in [0.25, 0.3) is 0 Å². The topological polar surface area (TPSA) is 41.3 Å². The van der Waals surface area contributed by atoms with E-state index in [0.717, 1.165) is 5.70 Å². The summed E-state index contributed by atoms with van der Waals surface area (Å²) < 4.78 is 2.03. The van der Waals surface area contributed by atoms with Crippen molar-refractivity contribution in [3.8, 4) is 0 Å². The first-order valence-corrected chi connectivity index (χ1v) is 7.84. The van der Waals surface area contributed by atoms with Crippen molar-refractivity contribution in [1.82, 2.24) is 0 Å². The Hall–Kier alpha value is -2.27. The monoisotopic (exact) mass is 384 g/mol. The second-order valence-electron chi connectivity index (χ2n) is 5.98. The second kappa shape index (κ2) is 6.69. The van der Waals surface area contributed by atoms with Gasteiger partial charge >= 0.3 is 0 Å². The summed E-state index contributed by atoms with van der Waals surface area (Å²) in [4.78, 5) is 26.8. The van der Waals surface area contributed by atoms with Crippen molar-refractivity contribution in [3.63, 3.8) is 0 Å². The summed E-state index contributed by atoms with van der Waals surface area (Å²) in [7, 11) is 0. The maximum Gasteiger partial charge on any atom is 0.238 e. The van der Waals surface area contributed by atoms with E-state index in [9.17, 15) is 9.59 Å². The third-order valence-corrected chi connectivity index (χ3v) is 4.66. The summed E-state index contributed by atoms with van der Waals surface area (Å²) in [5.41, 5.74) is 1.76. The van der Waals surface area contributed by atoms with E-state index in [0.29, 0.717) is 18.5 Å². The number of hydrogen-bond acceptors (Lipinski definition) is 2. The van der Waals surface area contributed by atoms with Crippen molar-refractivity contribution in [3.05, 3.63) is 67.0 Å². The van der Waals surface area contributed by atoms with E-state index in [1.54, 1.807) is 0 Å². The molecule has 0 N–H and O–H groups in total. The number of aromatic nitrogens is 1. The highest BCUT2D eigenvalue weighted by Gasteiger charge is 2.50. The third kappa shape index (κ3) is 2.69. The van der Waals surface area contributed by atoms with Crippen molar-refractivity contribution in [1.29, 1.82) is 0 Å². The number of benzene rings is 1. The number of imide groups is 1. The zero-order valence-electron chi connectivity index (χ0n) is 13.0. The summed E-state index contributed by atoms with van der Waals surface area (Å²) in [6.07, 6.45) is 7.26. The van der Waals surface area contributed by atoms with Crippen LogP contribution >= 0.6 is 0 Å². The molecular formula is C19H17BrN2O2. The molecule has 1 aliphatic carbocycles. The fourth-order valence-corrected chi connectivity index (χ4v) is 3.48. The molecule has 1 aromatic carbocycles. The molecule has 4 nitrogen and oxygen atoms in total. The molecule has 122 valence electrons. The van der Waals surface area contributed by atoms with E-state index in [1.165, 1.54) is 4.90 Å². The van der Waals surface area contributed by atoms with E-state index >= 15 is 0 Å². The number of pyridine rings is 1. The number of para-hydroxylation sites is 1. The summed E-state index contributed by atoms with van der Waals surface area (Å²) in [6, 6.07) is 15.1. The van der Waals surface area contributed by atoms with Crippen molar-refractivity contribution in [2.75, 3.05) is 4.90 Å². The fourth-order valence-electron chi connectivity index (χ4n) is 3.48. The van der Waals surface area contributed by atoms with E-state index < -0.39 is 0 Å². The van der Waals surface area contributed by atoms with E-state index in [1.807, 2.05) is 65.5 Å². The predicted molar refractivity (Wildman–Crippen MR) is 86.1 cm³/mol. The first-order valence-electron chi connectivity index (χ1n) is 7.84. The number of hydrogen-bond donors (Lipinski definition) is 0. The number of halogens is 1. The number of carbonyl (C=O) groups is 2. The molecule has 0 bridgehead atoms. The highest BCUT2D eigenvalue weighted by Crippen LogP contribution is 2.39. The van der Waals surface area contributed by atoms with Gasteiger partial charge in [-0.2, -0.15) is 4.57 Å². The summed E-state index contributed by atoms with van der Waals surface area (Å²) in [6.45, 7) is 0. The lowest BCUT2D eigenvalue weighted by atomic mass is 9.83. The minimum atomic E-state index is -0.254. The highest BCUT2D eigenvalue weighted by molar-refractivity contribution is 6.22. The number of amides is 2. The van der Waals surface area contributed by atoms with Crippen molar-refractivity contribution in [2.24, 2.45) is 11.8 Å². The lowest BCUT2D eigenvalue weighted by Gasteiger charge is -2.17. The lowest BCUT2D eigenvalue weighted by Crippen LogP contribution is -3.00. The number of anilines is 1. The van der Waals surface area contributed by atoms with Crippen LogP contribution in [0.2, 0.25) is 0 Å². The van der Waals surface area contributed by atoms with Crippen molar-refractivity contribution < 1.29 is 31.1 Å². The van der Waals surface area contributed by atoms with Gasteiger partial charge in [-0.3, -0.25) is 14.5 Å². The number of allylic oxidation sites excluding steroid dienone is 2. The Morgan fingerprint density at radius 1 is 0.875 bits per heavy atom. The summed E-state index contributed by atoms with van der Waals surface area (Å²) in [5, 5.41) is 0. The van der Waals surface area contributed by atoms with Gasteiger partial charge in [-0.15, -0.1) is 0 Å². The Kier molecular flexibility index (Phi) is 4.62. The van der Waals surface area contributed by atoms with Gasteiger partial charge in [0.2, 0.25) is 11.8 Å². The normalized spacial score (nSPS) is 22.7. The van der Waals surface area contributed by atoms with Gasteiger partial charge in [0, 0.05) is 18.6 Å². The van der Waals surface area contributed by atoms with Crippen LogP contribution in [0.3, 0.4) is 0 Å². The standard InChI is InChI=1S/C19H17N2O2.BrH/c22-18-16-10-9-15(20-11-5-2-6-12-20)13-17(16)19(23)21(18)14-7-3-1-4-8-14;/h1-9,11-12,16-17H,10,13H2;1H/q+1;/p-1. The number of fused-ring (bicyclic) bond motifs is 1. The molecule has 1 aliphatic heterocycles. The maximum absolute atomic E-state index is 12.8. The minimum Gasteiger partial charge on any atom is -1.00 e. The second-order valence-corrected chi connectivity index (χ2v) is 5.98. The molecule has 5 heteroatoms. The van der Waals surface area contributed by atoms with Crippen LogP contribution in [-0.2, 0) is 9.59 Å². The summed E-state index contributed by atoms with van der Waals surface area (Å²) >= 11 is 0. The summed E-state index contributed by atoms with van der Waals surface area (Å²) in [5.74, 6) is -0.626. The molecule has 0 spiro atoms. The zero-order chi connectivity index (χ0) is 15.8. The Bertz CT molecular complexity index is 790. The van der Waals surface area contributed by atoms with Crippen LogP contribution in [0.25, 0.3) is 5.70 Å². The molecule has 2 heterocycles. The van der Waals surface area contributed by atoms with Gasteiger partial charge in [0.15, 0.2) is 18.1 Å². The molecule has 0 saturated carbocycles. The molecule has 2 aromatic rings. The van der Waals surface area contributed by atoms with Crippen LogP contribution in [0.4, 0.5) is 5.69 Å². The Morgan fingerprint density at radius 2 is 1.50 bits per heavy atom. The minimum absolute atomic E-state index is 0. The SMILES string of the molecule is O=C1C2CC=C([n+]3ccccc3)CC2C(=O)N1c1ccccc1.[Br-]. The number of rotatable bonds is 2. The van der Waals surface area contributed by atoms with E-state index in [4.69, 9.17) is 0 Å². The fraction of sp³-hybridized carbons (Fsp3) is 0.211. The van der Waals surface area contributed by atoms with E-state index in [-0.39, 0.29) is 40.6 Å². The Balaban J connectivity index is 0.00000169. The first-order chi connectivity index (χ1) is 11.3. The number of nitrogens with zero attached hydrogens (tertiary/aromatic N) is 2. The van der Waals surface area contributed by atoms with Gasteiger partial charge < -0.3 is 17.0 Å². The molecule has 0 radical (unpaired) electrons. The average molecular weight is 385 g/mol. The van der Waals surface area contributed by atoms with Gasteiger partial charge in [-0.25, -0.2) is 0 Å². The van der Waals surface area contributed by atoms with Crippen LogP contribution in [0, 0.1) is 11.8 Å². The smallest absolute Gasteiger partial charge is 0.238 e. The Labute approximate surface area is 151 Å². The molecule has 2 atom stereocenters. The van der Waals surface area contributed by atoms with Crippen LogP contribution in [0.1, 0.15) is 12.8 Å². The van der Waals surface area contributed by atoms with Crippen LogP contribution in [-0.4, -0.2) is 11.8 Å². The van der Waals surface area contributed by atoms with Crippen LogP contribution in [0.5, 0.6) is 0 Å². The highest BCUT2D eigenvalue weighted by atomic mass is 79.9. The van der Waals surface area contributed by atoms with Crippen LogP contribution in [0.15, 0.2) is 67.0 Å². The zero-order valence-corrected chi connectivity index (χ0v) is 14.6. The van der Waals surface area contributed by atoms with Gasteiger partial charge in [-0.1, -0.05) is 24.3 Å². The molecule has 1 fully saturated rings.